The number of halogens is 1. The Kier molecular flexibility index (Phi) is 3.83. The third-order valence-electron chi connectivity index (χ3n) is 1.50. The molecule has 0 aliphatic heterocycles. The number of hydrogen-bond donors (Lipinski definition) is 2. The van der Waals surface area contributed by atoms with Gasteiger partial charge in [-0.3, -0.25) is 10.2 Å². The number of primary amides is 1. The van der Waals surface area contributed by atoms with Crippen LogP contribution in [0.15, 0.2) is 33.8 Å². The number of anilines is 1. The third-order valence-corrected chi connectivity index (χ3v) is 2.19. The van der Waals surface area contributed by atoms with E-state index >= 15 is 0 Å². The second kappa shape index (κ2) is 5.12. The van der Waals surface area contributed by atoms with Crippen molar-refractivity contribution in [2.45, 2.75) is 0 Å². The van der Waals surface area contributed by atoms with Gasteiger partial charge in [-0.25, -0.2) is 0 Å². The van der Waals surface area contributed by atoms with E-state index in [-0.39, 0.29) is 5.71 Å². The molecule has 0 aliphatic rings. The normalized spacial score (nSPS) is 10.5. The molecule has 0 fully saturated rings. The minimum Gasteiger partial charge on any atom is -0.364 e. The van der Waals surface area contributed by atoms with Crippen molar-refractivity contribution in [1.29, 1.82) is 5.26 Å². The molecule has 0 aromatic heterocycles. The number of nitrogens with one attached hydrogen (secondary N) is 1. The van der Waals surface area contributed by atoms with E-state index in [1.54, 1.807) is 24.3 Å². The third kappa shape index (κ3) is 3.07. The van der Waals surface area contributed by atoms with Crippen LogP contribution in [0.3, 0.4) is 0 Å². The lowest BCUT2D eigenvalue weighted by molar-refractivity contribution is -0.111. The largest absolute Gasteiger partial charge is 0.364 e. The summed E-state index contributed by atoms with van der Waals surface area (Å²) in [5.41, 5.74) is 7.74. The lowest BCUT2D eigenvalue weighted by atomic mass is 10.3. The lowest BCUT2D eigenvalue weighted by Gasteiger charge is -2.02. The second-order valence-corrected chi connectivity index (χ2v) is 3.38. The van der Waals surface area contributed by atoms with Gasteiger partial charge in [0.05, 0.1) is 5.69 Å². The van der Waals surface area contributed by atoms with E-state index in [0.29, 0.717) is 5.69 Å². The van der Waals surface area contributed by atoms with E-state index in [1.807, 2.05) is 6.07 Å². The van der Waals surface area contributed by atoms with Gasteiger partial charge in [0.1, 0.15) is 6.07 Å². The number of rotatable bonds is 3. The highest BCUT2D eigenvalue weighted by Gasteiger charge is 2.05. The van der Waals surface area contributed by atoms with E-state index in [4.69, 9.17) is 11.0 Å². The van der Waals surface area contributed by atoms with Gasteiger partial charge in [-0.05, 0) is 28.1 Å². The van der Waals surface area contributed by atoms with Crippen LogP contribution in [-0.2, 0) is 4.79 Å². The van der Waals surface area contributed by atoms with E-state index in [9.17, 15) is 4.79 Å². The van der Waals surface area contributed by atoms with E-state index < -0.39 is 5.91 Å². The molecule has 1 rings (SSSR count). The molecule has 0 unspecified atom stereocenters. The Bertz CT molecular complexity index is 450. The molecular weight excluding hydrogens is 260 g/mol. The molecule has 0 spiro atoms. The summed E-state index contributed by atoms with van der Waals surface area (Å²) in [6.45, 7) is 0. The molecule has 6 heteroatoms. The van der Waals surface area contributed by atoms with Crippen LogP contribution in [0.1, 0.15) is 0 Å². The topological polar surface area (TPSA) is 91.3 Å². The van der Waals surface area contributed by atoms with Crippen LogP contribution in [0, 0.1) is 11.3 Å². The van der Waals surface area contributed by atoms with Crippen LogP contribution in [0.25, 0.3) is 0 Å². The van der Waals surface area contributed by atoms with Gasteiger partial charge in [-0.2, -0.15) is 10.4 Å². The molecule has 5 nitrogen and oxygen atoms in total. The molecule has 0 radical (unpaired) electrons. The second-order valence-electron chi connectivity index (χ2n) is 2.53. The molecule has 0 atom stereocenters. The molecule has 1 aromatic carbocycles. The van der Waals surface area contributed by atoms with Gasteiger partial charge in [0.2, 0.25) is 5.71 Å². The number of amides is 1. The number of hydrogen-bond acceptors (Lipinski definition) is 4. The van der Waals surface area contributed by atoms with Crippen LogP contribution in [-0.4, -0.2) is 11.6 Å². The number of nitriles is 1. The van der Waals surface area contributed by atoms with Crippen LogP contribution in [0.2, 0.25) is 0 Å². The highest BCUT2D eigenvalue weighted by Crippen LogP contribution is 2.20. The Morgan fingerprint density at radius 2 is 2.20 bits per heavy atom. The summed E-state index contributed by atoms with van der Waals surface area (Å²) in [6, 6.07) is 8.75. The number of nitrogens with two attached hydrogens (primary N) is 1. The number of nitrogens with zero attached hydrogens (tertiary/aromatic N) is 2. The maximum absolute atomic E-state index is 10.7. The van der Waals surface area contributed by atoms with Crippen molar-refractivity contribution in [2.24, 2.45) is 10.8 Å². The fraction of sp³-hybridized carbons (Fsp3) is 0. The Morgan fingerprint density at radius 3 is 2.73 bits per heavy atom. The average Bonchev–Trinajstić information content (AvgIpc) is 2.21. The van der Waals surface area contributed by atoms with Crippen molar-refractivity contribution in [3.05, 3.63) is 28.7 Å². The molecule has 0 aliphatic carbocycles. The Hall–Kier alpha value is -1.87. The van der Waals surface area contributed by atoms with Crippen molar-refractivity contribution < 1.29 is 4.79 Å². The minimum atomic E-state index is -0.864. The Labute approximate surface area is 94.7 Å². The van der Waals surface area contributed by atoms with Crippen molar-refractivity contribution >= 4 is 33.2 Å². The summed E-state index contributed by atoms with van der Waals surface area (Å²) < 4.78 is 0.774. The van der Waals surface area contributed by atoms with Crippen LogP contribution >= 0.6 is 15.9 Å². The number of carbonyl (C=O) groups is 1. The first-order valence-electron chi connectivity index (χ1n) is 3.93. The molecule has 76 valence electrons. The van der Waals surface area contributed by atoms with Gasteiger partial charge in [0.15, 0.2) is 0 Å². The summed E-state index contributed by atoms with van der Waals surface area (Å²) >= 11 is 3.27. The smallest absolute Gasteiger partial charge is 0.280 e. The van der Waals surface area contributed by atoms with Crippen molar-refractivity contribution in [1.82, 2.24) is 0 Å². The molecule has 0 heterocycles. The molecule has 0 saturated heterocycles. The fourth-order valence-corrected chi connectivity index (χ4v) is 1.18. The number of para-hydroxylation sites is 1. The Morgan fingerprint density at radius 1 is 1.53 bits per heavy atom. The highest BCUT2D eigenvalue weighted by atomic mass is 79.9. The summed E-state index contributed by atoms with van der Waals surface area (Å²) in [5.74, 6) is -0.864. The van der Waals surface area contributed by atoms with Crippen molar-refractivity contribution in [3.8, 4) is 6.07 Å². The highest BCUT2D eigenvalue weighted by molar-refractivity contribution is 9.10. The molecule has 0 bridgehead atoms. The lowest BCUT2D eigenvalue weighted by Crippen LogP contribution is -2.22. The first kappa shape index (κ1) is 11.2. The van der Waals surface area contributed by atoms with Crippen LogP contribution in [0.5, 0.6) is 0 Å². The van der Waals surface area contributed by atoms with Crippen molar-refractivity contribution in [3.63, 3.8) is 0 Å². The van der Waals surface area contributed by atoms with Gasteiger partial charge in [0.25, 0.3) is 5.91 Å². The number of carbonyl (C=O) groups excluding carboxylic acids is 1. The standard InChI is InChI=1S/C9H7BrN4O/c10-6-3-1-2-4-7(6)13-14-8(5-11)9(12)15/h1-4,13H,(H2,12,15)/b14-8+. The summed E-state index contributed by atoms with van der Waals surface area (Å²) in [7, 11) is 0. The van der Waals surface area contributed by atoms with Crippen LogP contribution < -0.4 is 11.2 Å². The van der Waals surface area contributed by atoms with Gasteiger partial charge in [-0.15, -0.1) is 0 Å². The summed E-state index contributed by atoms with van der Waals surface area (Å²) in [4.78, 5) is 10.7. The van der Waals surface area contributed by atoms with Gasteiger partial charge in [0, 0.05) is 4.47 Å². The predicted octanol–water partition coefficient (Wildman–Crippen LogP) is 1.23. The van der Waals surface area contributed by atoms with Crippen LogP contribution in [0.4, 0.5) is 5.69 Å². The fourth-order valence-electron chi connectivity index (χ4n) is 0.803. The maximum Gasteiger partial charge on any atom is 0.280 e. The molecule has 15 heavy (non-hydrogen) atoms. The number of hydrazone groups is 1. The SMILES string of the molecule is N#C/C(=N\Nc1ccccc1Br)C(N)=O. The maximum atomic E-state index is 10.7. The molecule has 0 saturated carbocycles. The number of benzene rings is 1. The van der Waals surface area contributed by atoms with E-state index in [1.165, 1.54) is 0 Å². The van der Waals surface area contributed by atoms with E-state index in [2.05, 4.69) is 26.5 Å². The zero-order chi connectivity index (χ0) is 11.3. The average molecular weight is 267 g/mol. The first-order valence-corrected chi connectivity index (χ1v) is 4.72. The zero-order valence-corrected chi connectivity index (χ0v) is 9.15. The molecule has 1 amide bonds. The monoisotopic (exact) mass is 266 g/mol. The van der Waals surface area contributed by atoms with Gasteiger partial charge >= 0.3 is 0 Å². The summed E-state index contributed by atoms with van der Waals surface area (Å²) in [6.07, 6.45) is 0. The molecule has 3 N–H and O–H groups in total. The first-order chi connectivity index (χ1) is 7.15. The Balaban J connectivity index is 2.85. The molecular formula is C9H7BrN4O. The molecule has 1 aromatic rings. The summed E-state index contributed by atoms with van der Waals surface area (Å²) in [5, 5.41) is 12.1. The quantitative estimate of drug-likeness (QED) is 0.637. The van der Waals surface area contributed by atoms with E-state index in [0.717, 1.165) is 4.47 Å². The zero-order valence-electron chi connectivity index (χ0n) is 7.57. The predicted molar refractivity (Wildman–Crippen MR) is 60.0 cm³/mol. The van der Waals surface area contributed by atoms with Gasteiger partial charge < -0.3 is 5.73 Å². The minimum absolute atomic E-state index is 0.370. The van der Waals surface area contributed by atoms with Gasteiger partial charge in [-0.1, -0.05) is 12.1 Å². The van der Waals surface area contributed by atoms with Crippen molar-refractivity contribution in [2.75, 3.05) is 5.43 Å².